The third kappa shape index (κ3) is 6.84. The van der Waals surface area contributed by atoms with Gasteiger partial charge in [0.2, 0.25) is 5.91 Å². The zero-order valence-electron chi connectivity index (χ0n) is 17.6. The van der Waals surface area contributed by atoms with E-state index < -0.39 is 0 Å². The van der Waals surface area contributed by atoms with Crippen molar-refractivity contribution in [3.05, 3.63) is 35.4 Å². The number of aryl methyl sites for hydroxylation is 1. The molecule has 3 atom stereocenters. The highest BCUT2D eigenvalue weighted by atomic mass is 127. The Morgan fingerprint density at radius 2 is 2.03 bits per heavy atom. The molecule has 2 saturated heterocycles. The van der Waals surface area contributed by atoms with Crippen molar-refractivity contribution in [1.29, 1.82) is 0 Å². The van der Waals surface area contributed by atoms with Gasteiger partial charge in [0, 0.05) is 45.6 Å². The van der Waals surface area contributed by atoms with Crippen molar-refractivity contribution in [1.82, 2.24) is 10.2 Å². The Kier molecular flexibility index (Phi) is 9.68. The summed E-state index contributed by atoms with van der Waals surface area (Å²) < 4.78 is 6.14. The molecule has 2 heterocycles. The maximum atomic E-state index is 11.3. The van der Waals surface area contributed by atoms with E-state index in [0.717, 1.165) is 57.9 Å². The molecule has 7 heteroatoms. The Morgan fingerprint density at radius 3 is 2.72 bits per heavy atom. The van der Waals surface area contributed by atoms with Crippen LogP contribution in [0, 0.1) is 18.8 Å². The topological polar surface area (TPSA) is 80.0 Å². The van der Waals surface area contributed by atoms with Crippen molar-refractivity contribution >= 4 is 35.8 Å². The van der Waals surface area contributed by atoms with Gasteiger partial charge in [0.05, 0.1) is 6.10 Å². The Morgan fingerprint density at radius 1 is 1.28 bits per heavy atom. The maximum Gasteiger partial charge on any atom is 0.217 e. The molecule has 162 valence electrons. The summed E-state index contributed by atoms with van der Waals surface area (Å²) >= 11 is 0. The van der Waals surface area contributed by atoms with Crippen LogP contribution in [0.3, 0.4) is 0 Å². The smallest absolute Gasteiger partial charge is 0.217 e. The molecule has 0 spiro atoms. The molecule has 3 rings (SSSR count). The first-order chi connectivity index (χ1) is 13.6. The van der Waals surface area contributed by atoms with Gasteiger partial charge >= 0.3 is 0 Å². The Labute approximate surface area is 191 Å². The number of carbonyl (C=O) groups excluding carboxylic acids is 1. The van der Waals surface area contributed by atoms with Gasteiger partial charge in [-0.25, -0.2) is 0 Å². The summed E-state index contributed by atoms with van der Waals surface area (Å²) in [5.41, 5.74) is 7.92. The molecule has 1 amide bonds. The summed E-state index contributed by atoms with van der Waals surface area (Å²) in [5.74, 6) is 1.44. The van der Waals surface area contributed by atoms with E-state index in [-0.39, 0.29) is 36.0 Å². The molecule has 2 fully saturated rings. The monoisotopic (exact) mass is 514 g/mol. The fourth-order valence-corrected chi connectivity index (χ4v) is 4.44. The molecule has 1 aromatic carbocycles. The summed E-state index contributed by atoms with van der Waals surface area (Å²) in [7, 11) is 1.83. The number of halogens is 1. The summed E-state index contributed by atoms with van der Waals surface area (Å²) in [5, 5.41) is 3.57. The van der Waals surface area contributed by atoms with E-state index >= 15 is 0 Å². The fraction of sp³-hybridized carbons (Fsp3) is 0.636. The van der Waals surface area contributed by atoms with Crippen LogP contribution in [0.25, 0.3) is 0 Å². The van der Waals surface area contributed by atoms with Crippen molar-refractivity contribution < 1.29 is 9.53 Å². The lowest BCUT2D eigenvalue weighted by atomic mass is 9.89. The molecule has 0 bridgehead atoms. The van der Waals surface area contributed by atoms with Gasteiger partial charge in [-0.2, -0.15) is 0 Å². The highest BCUT2D eigenvalue weighted by Gasteiger charge is 2.29. The van der Waals surface area contributed by atoms with E-state index in [1.807, 2.05) is 7.05 Å². The molecule has 0 saturated carbocycles. The van der Waals surface area contributed by atoms with Crippen LogP contribution >= 0.6 is 24.0 Å². The van der Waals surface area contributed by atoms with E-state index in [4.69, 9.17) is 10.5 Å². The van der Waals surface area contributed by atoms with E-state index in [2.05, 4.69) is 46.4 Å². The number of likely N-dealkylation sites (tertiary alicyclic amines) is 1. The number of benzene rings is 1. The molecule has 6 nitrogen and oxygen atoms in total. The first-order valence-corrected chi connectivity index (χ1v) is 10.5. The zero-order valence-corrected chi connectivity index (χ0v) is 19.9. The first kappa shape index (κ1) is 23.9. The predicted octanol–water partition coefficient (Wildman–Crippen LogP) is 3.24. The normalized spacial score (nSPS) is 25.2. The van der Waals surface area contributed by atoms with Gasteiger partial charge in [-0.15, -0.1) is 24.0 Å². The van der Waals surface area contributed by atoms with Crippen molar-refractivity contribution in [2.75, 3.05) is 33.3 Å². The molecule has 2 aliphatic rings. The Hall–Kier alpha value is -1.35. The lowest BCUT2D eigenvalue weighted by Gasteiger charge is -2.37. The van der Waals surface area contributed by atoms with E-state index in [0.29, 0.717) is 18.3 Å². The lowest BCUT2D eigenvalue weighted by molar-refractivity contribution is -0.119. The van der Waals surface area contributed by atoms with Gasteiger partial charge in [-0.05, 0) is 44.1 Å². The SMILES string of the molecule is CN=C(NCC1CCCOC1c1ccc(C)cc1)N1CCCC(CC(N)=O)C1.I. The largest absolute Gasteiger partial charge is 0.373 e. The number of hydrogen-bond donors (Lipinski definition) is 2. The Balaban J connectivity index is 0.00000300. The second-order valence-electron chi connectivity index (χ2n) is 8.16. The van der Waals surface area contributed by atoms with Gasteiger partial charge in [-0.3, -0.25) is 9.79 Å². The molecule has 3 N–H and O–H groups in total. The molecule has 2 aliphatic heterocycles. The second kappa shape index (κ2) is 11.7. The van der Waals surface area contributed by atoms with Crippen LogP contribution in [0.4, 0.5) is 0 Å². The molecule has 1 aromatic rings. The third-order valence-corrected chi connectivity index (χ3v) is 5.89. The summed E-state index contributed by atoms with van der Waals surface area (Å²) in [6.45, 7) is 5.58. The number of hydrogen-bond acceptors (Lipinski definition) is 3. The van der Waals surface area contributed by atoms with E-state index in [9.17, 15) is 4.79 Å². The number of carbonyl (C=O) groups is 1. The van der Waals surface area contributed by atoms with Gasteiger partial charge in [0.15, 0.2) is 5.96 Å². The van der Waals surface area contributed by atoms with Crippen LogP contribution in [0.1, 0.15) is 49.3 Å². The van der Waals surface area contributed by atoms with Gasteiger partial charge in [0.1, 0.15) is 0 Å². The highest BCUT2D eigenvalue weighted by Crippen LogP contribution is 2.33. The van der Waals surface area contributed by atoms with Gasteiger partial charge < -0.3 is 20.7 Å². The number of piperidine rings is 1. The lowest BCUT2D eigenvalue weighted by Crippen LogP contribution is -2.48. The van der Waals surface area contributed by atoms with Crippen LogP contribution in [0.5, 0.6) is 0 Å². The number of guanidine groups is 1. The summed E-state index contributed by atoms with van der Waals surface area (Å²) in [6, 6.07) is 8.69. The standard InChI is InChI=1S/C22H34N4O2.HI/c1-16-7-9-18(10-8-16)21-19(6-4-12-28-21)14-25-22(24-2)26-11-3-5-17(15-26)13-20(23)27;/h7-10,17,19,21H,3-6,11-15H2,1-2H3,(H2,23,27)(H,24,25);1H. The highest BCUT2D eigenvalue weighted by molar-refractivity contribution is 14.0. The molecule has 3 unspecified atom stereocenters. The second-order valence-corrected chi connectivity index (χ2v) is 8.16. The van der Waals surface area contributed by atoms with Crippen LogP contribution in [0.2, 0.25) is 0 Å². The van der Waals surface area contributed by atoms with Crippen molar-refractivity contribution in [2.24, 2.45) is 22.6 Å². The summed E-state index contributed by atoms with van der Waals surface area (Å²) in [4.78, 5) is 18.0. The molecule has 0 aromatic heterocycles. The number of nitrogens with two attached hydrogens (primary N) is 1. The van der Waals surface area contributed by atoms with Crippen LogP contribution in [-0.4, -0.2) is 50.1 Å². The fourth-order valence-electron chi connectivity index (χ4n) is 4.44. The van der Waals surface area contributed by atoms with Crippen LogP contribution in [0.15, 0.2) is 29.3 Å². The molecule has 29 heavy (non-hydrogen) atoms. The number of amides is 1. The minimum Gasteiger partial charge on any atom is -0.373 e. The first-order valence-electron chi connectivity index (χ1n) is 10.5. The van der Waals surface area contributed by atoms with Crippen molar-refractivity contribution in [3.63, 3.8) is 0 Å². The summed E-state index contributed by atoms with van der Waals surface area (Å²) in [6.07, 6.45) is 4.95. The van der Waals surface area contributed by atoms with Crippen LogP contribution in [-0.2, 0) is 9.53 Å². The van der Waals surface area contributed by atoms with Crippen molar-refractivity contribution in [2.45, 2.75) is 45.1 Å². The predicted molar refractivity (Wildman–Crippen MR) is 127 cm³/mol. The van der Waals surface area contributed by atoms with Crippen molar-refractivity contribution in [3.8, 4) is 0 Å². The third-order valence-electron chi connectivity index (χ3n) is 5.89. The number of primary amides is 1. The maximum absolute atomic E-state index is 11.3. The number of aliphatic imine (C=N–C) groups is 1. The minimum absolute atomic E-state index is 0. The number of nitrogens with one attached hydrogen (secondary N) is 1. The van der Waals surface area contributed by atoms with Gasteiger partial charge in [0.25, 0.3) is 0 Å². The minimum atomic E-state index is -0.213. The average molecular weight is 514 g/mol. The molecule has 0 radical (unpaired) electrons. The van der Waals surface area contributed by atoms with Crippen LogP contribution < -0.4 is 11.1 Å². The van der Waals surface area contributed by atoms with Gasteiger partial charge in [-0.1, -0.05) is 29.8 Å². The van der Waals surface area contributed by atoms with E-state index in [1.165, 1.54) is 11.1 Å². The number of rotatable bonds is 5. The zero-order chi connectivity index (χ0) is 19.9. The number of ether oxygens (including phenoxy) is 1. The molecular formula is C22H35IN4O2. The van der Waals surface area contributed by atoms with E-state index in [1.54, 1.807) is 0 Å². The molecule has 0 aliphatic carbocycles. The molecular weight excluding hydrogens is 479 g/mol. The quantitative estimate of drug-likeness (QED) is 0.359. The Bertz CT molecular complexity index is 680. The average Bonchev–Trinajstić information content (AvgIpc) is 2.69. The number of nitrogens with zero attached hydrogens (tertiary/aromatic N) is 2.